The van der Waals surface area contributed by atoms with Gasteiger partial charge >= 0.3 is 11.9 Å². The molecular weight excluding hydrogens is 422 g/mol. The van der Waals surface area contributed by atoms with E-state index in [4.69, 9.17) is 9.47 Å². The molecule has 0 aromatic heterocycles. The van der Waals surface area contributed by atoms with Crippen LogP contribution in [0.5, 0.6) is 0 Å². The number of benzene rings is 3. The molecule has 166 valence electrons. The highest BCUT2D eigenvalue weighted by Crippen LogP contribution is 2.31. The zero-order valence-electron chi connectivity index (χ0n) is 18.2. The second-order valence-corrected chi connectivity index (χ2v) is 7.63. The largest absolute Gasteiger partial charge is 0.458 e. The number of hydrogen-bond acceptors (Lipinski definition) is 6. The van der Waals surface area contributed by atoms with Crippen LogP contribution >= 0.6 is 0 Å². The van der Waals surface area contributed by atoms with E-state index in [1.54, 1.807) is 36.4 Å². The Hall–Kier alpha value is -4.26. The van der Waals surface area contributed by atoms with Crippen molar-refractivity contribution in [3.05, 3.63) is 100 Å². The van der Waals surface area contributed by atoms with Crippen molar-refractivity contribution in [2.75, 3.05) is 18.1 Å². The lowest BCUT2D eigenvalue weighted by molar-refractivity contribution is 0.0265. The van der Waals surface area contributed by atoms with E-state index in [-0.39, 0.29) is 29.9 Å². The fourth-order valence-electron chi connectivity index (χ4n) is 3.56. The molecule has 0 saturated heterocycles. The lowest BCUT2D eigenvalue weighted by Crippen LogP contribution is -2.30. The fraction of sp³-hybridized carbons (Fsp3) is 0.154. The van der Waals surface area contributed by atoms with Crippen LogP contribution in [-0.4, -0.2) is 37.0 Å². The van der Waals surface area contributed by atoms with Crippen molar-refractivity contribution in [2.45, 2.75) is 13.8 Å². The number of anilines is 1. The molecule has 0 unspecified atom stereocenters. The summed E-state index contributed by atoms with van der Waals surface area (Å²) in [6, 6.07) is 18.3. The number of rotatable bonds is 6. The third kappa shape index (κ3) is 4.39. The molecule has 0 saturated carbocycles. The number of nitrogens with zero attached hydrogens (tertiary/aromatic N) is 1. The van der Waals surface area contributed by atoms with Gasteiger partial charge in [-0.2, -0.15) is 0 Å². The summed E-state index contributed by atoms with van der Waals surface area (Å²) in [5.74, 6) is -2.12. The quantitative estimate of drug-likeness (QED) is 0.323. The molecule has 0 radical (unpaired) electrons. The van der Waals surface area contributed by atoms with Gasteiger partial charge in [-0.1, -0.05) is 30.3 Å². The average molecular weight is 443 g/mol. The lowest BCUT2D eigenvalue weighted by Gasteiger charge is -2.17. The summed E-state index contributed by atoms with van der Waals surface area (Å²) in [5.41, 5.74) is 3.14. The van der Waals surface area contributed by atoms with Crippen molar-refractivity contribution in [3.63, 3.8) is 0 Å². The first-order valence-electron chi connectivity index (χ1n) is 10.4. The van der Waals surface area contributed by atoms with Gasteiger partial charge in [0, 0.05) is 0 Å². The van der Waals surface area contributed by atoms with E-state index in [1.165, 1.54) is 18.2 Å². The maximum absolute atomic E-state index is 13.0. The van der Waals surface area contributed by atoms with E-state index in [1.807, 2.05) is 26.0 Å². The molecule has 7 heteroatoms. The molecular formula is C26H21NO6. The molecule has 1 aliphatic heterocycles. The predicted molar refractivity (Wildman–Crippen MR) is 121 cm³/mol. The van der Waals surface area contributed by atoms with E-state index < -0.39 is 23.8 Å². The average Bonchev–Trinajstić information content (AvgIpc) is 3.08. The van der Waals surface area contributed by atoms with Crippen LogP contribution in [0.1, 0.15) is 52.6 Å². The Balaban J connectivity index is 1.42. The molecule has 0 spiro atoms. The molecule has 0 atom stereocenters. The Bertz CT molecular complexity index is 1270. The number of carbonyl (C=O) groups excluding carboxylic acids is 4. The van der Waals surface area contributed by atoms with Crippen LogP contribution in [0.3, 0.4) is 0 Å². The van der Waals surface area contributed by atoms with E-state index >= 15 is 0 Å². The standard InChI is InChI=1S/C26H21NO6/c1-16-8-9-17(2)22(14-16)27-23(28)20-11-10-19(15-21(20)24(27)29)26(31)33-13-12-32-25(30)18-6-4-3-5-7-18/h3-11,14-15H,12-13H2,1-2H3. The smallest absolute Gasteiger partial charge is 0.338 e. The summed E-state index contributed by atoms with van der Waals surface area (Å²) in [6.07, 6.45) is 0. The third-order valence-electron chi connectivity index (χ3n) is 5.29. The van der Waals surface area contributed by atoms with Gasteiger partial charge in [-0.05, 0) is 61.4 Å². The number of esters is 2. The van der Waals surface area contributed by atoms with Gasteiger partial charge in [0.05, 0.1) is 27.9 Å². The summed E-state index contributed by atoms with van der Waals surface area (Å²) in [7, 11) is 0. The summed E-state index contributed by atoms with van der Waals surface area (Å²) in [6.45, 7) is 3.45. The van der Waals surface area contributed by atoms with Crippen LogP contribution in [0.2, 0.25) is 0 Å². The molecule has 0 fully saturated rings. The van der Waals surface area contributed by atoms with Crippen LogP contribution < -0.4 is 4.90 Å². The first-order chi connectivity index (χ1) is 15.9. The van der Waals surface area contributed by atoms with Gasteiger partial charge < -0.3 is 9.47 Å². The lowest BCUT2D eigenvalue weighted by atomic mass is 10.1. The number of ether oxygens (including phenoxy) is 2. The Kier molecular flexibility index (Phi) is 6.04. The topological polar surface area (TPSA) is 90.0 Å². The zero-order valence-corrected chi connectivity index (χ0v) is 18.2. The Morgan fingerprint density at radius 3 is 2.06 bits per heavy atom. The second-order valence-electron chi connectivity index (χ2n) is 7.63. The third-order valence-corrected chi connectivity index (χ3v) is 5.29. The Morgan fingerprint density at radius 2 is 1.36 bits per heavy atom. The summed E-state index contributed by atoms with van der Waals surface area (Å²) in [4.78, 5) is 51.4. The van der Waals surface area contributed by atoms with Crippen LogP contribution in [0.15, 0.2) is 66.7 Å². The van der Waals surface area contributed by atoms with Crippen molar-refractivity contribution in [1.82, 2.24) is 0 Å². The van der Waals surface area contributed by atoms with E-state index in [0.717, 1.165) is 16.0 Å². The minimum absolute atomic E-state index is 0.109. The zero-order chi connectivity index (χ0) is 23.5. The fourth-order valence-corrected chi connectivity index (χ4v) is 3.56. The molecule has 0 N–H and O–H groups in total. The van der Waals surface area contributed by atoms with E-state index in [9.17, 15) is 19.2 Å². The maximum atomic E-state index is 13.0. The monoisotopic (exact) mass is 443 g/mol. The highest BCUT2D eigenvalue weighted by molar-refractivity contribution is 6.35. The van der Waals surface area contributed by atoms with Crippen molar-refractivity contribution in [1.29, 1.82) is 0 Å². The number of aryl methyl sites for hydroxylation is 2. The number of hydrogen-bond donors (Lipinski definition) is 0. The SMILES string of the molecule is Cc1ccc(C)c(N2C(=O)c3ccc(C(=O)OCCOC(=O)c4ccccc4)cc3C2=O)c1. The second kappa shape index (κ2) is 9.08. The van der Waals surface area contributed by atoms with Crippen LogP contribution in [0.25, 0.3) is 0 Å². The molecule has 7 nitrogen and oxygen atoms in total. The highest BCUT2D eigenvalue weighted by Gasteiger charge is 2.38. The first kappa shape index (κ1) is 22.0. The van der Waals surface area contributed by atoms with Gasteiger partial charge in [-0.3, -0.25) is 9.59 Å². The molecule has 2 amide bonds. The van der Waals surface area contributed by atoms with Crippen molar-refractivity contribution in [2.24, 2.45) is 0 Å². The van der Waals surface area contributed by atoms with Crippen molar-refractivity contribution >= 4 is 29.4 Å². The first-order valence-corrected chi connectivity index (χ1v) is 10.4. The van der Waals surface area contributed by atoms with Crippen LogP contribution in [-0.2, 0) is 9.47 Å². The predicted octanol–water partition coefficient (Wildman–Crippen LogP) is 4.12. The number of imide groups is 1. The summed E-state index contributed by atoms with van der Waals surface area (Å²) in [5, 5.41) is 0. The van der Waals surface area contributed by atoms with E-state index in [2.05, 4.69) is 0 Å². The van der Waals surface area contributed by atoms with Crippen LogP contribution in [0, 0.1) is 13.8 Å². The van der Waals surface area contributed by atoms with E-state index in [0.29, 0.717) is 11.3 Å². The minimum Gasteiger partial charge on any atom is -0.458 e. The molecule has 33 heavy (non-hydrogen) atoms. The van der Waals surface area contributed by atoms with Crippen LogP contribution in [0.4, 0.5) is 5.69 Å². The Labute approximate surface area is 190 Å². The van der Waals surface area contributed by atoms with Gasteiger partial charge in [-0.25, -0.2) is 14.5 Å². The molecule has 1 aliphatic rings. The molecule has 0 bridgehead atoms. The number of amides is 2. The number of carbonyl (C=O) groups is 4. The molecule has 1 heterocycles. The molecule has 4 rings (SSSR count). The molecule has 0 aliphatic carbocycles. The molecule has 3 aromatic carbocycles. The Morgan fingerprint density at radius 1 is 0.727 bits per heavy atom. The maximum Gasteiger partial charge on any atom is 0.338 e. The summed E-state index contributed by atoms with van der Waals surface area (Å²) < 4.78 is 10.2. The highest BCUT2D eigenvalue weighted by atomic mass is 16.6. The number of fused-ring (bicyclic) bond motifs is 1. The minimum atomic E-state index is -0.681. The van der Waals surface area contributed by atoms with Crippen molar-refractivity contribution < 1.29 is 28.7 Å². The van der Waals surface area contributed by atoms with Gasteiger partial charge in [0.15, 0.2) is 0 Å². The van der Waals surface area contributed by atoms with Gasteiger partial charge in [0.2, 0.25) is 0 Å². The van der Waals surface area contributed by atoms with Gasteiger partial charge in [0.1, 0.15) is 13.2 Å². The van der Waals surface area contributed by atoms with Gasteiger partial charge in [-0.15, -0.1) is 0 Å². The van der Waals surface area contributed by atoms with Gasteiger partial charge in [0.25, 0.3) is 11.8 Å². The summed E-state index contributed by atoms with van der Waals surface area (Å²) >= 11 is 0. The molecule has 3 aromatic rings. The normalized spacial score (nSPS) is 12.5. The van der Waals surface area contributed by atoms with Crippen molar-refractivity contribution in [3.8, 4) is 0 Å².